The summed E-state index contributed by atoms with van der Waals surface area (Å²) in [6.45, 7) is 5.31. The predicted octanol–water partition coefficient (Wildman–Crippen LogP) is 13.1. The minimum absolute atomic E-state index is 0.0185. The van der Waals surface area contributed by atoms with Crippen LogP contribution in [0.15, 0.2) is 60.8 Å². The molecule has 0 aliphatic rings. The summed E-state index contributed by atoms with van der Waals surface area (Å²) in [6.07, 6.45) is 50.8. The van der Waals surface area contributed by atoms with E-state index in [-0.39, 0.29) is 25.8 Å². The van der Waals surface area contributed by atoms with Gasteiger partial charge in [0.1, 0.15) is 19.3 Å². The molecule has 0 spiro atoms. The summed E-state index contributed by atoms with van der Waals surface area (Å²) >= 11 is 0. The largest absolute Gasteiger partial charge is 0.756 e. The van der Waals surface area contributed by atoms with Crippen molar-refractivity contribution in [1.82, 2.24) is 0 Å². The molecule has 9 heteroatoms. The van der Waals surface area contributed by atoms with E-state index in [9.17, 15) is 14.3 Å². The van der Waals surface area contributed by atoms with E-state index in [2.05, 4.69) is 74.6 Å². The van der Waals surface area contributed by atoms with Crippen molar-refractivity contribution < 1.29 is 37.3 Å². The number of hydrogen-bond acceptors (Lipinski definition) is 7. The second kappa shape index (κ2) is 41.0. The van der Waals surface area contributed by atoms with Crippen LogP contribution >= 0.6 is 7.82 Å². The Bertz CT molecular complexity index is 1090. The van der Waals surface area contributed by atoms with Gasteiger partial charge in [0, 0.05) is 13.0 Å². The summed E-state index contributed by atoms with van der Waals surface area (Å²) in [4.78, 5) is 25.1. The number of nitrogens with zero attached hydrogens (tertiary/aromatic N) is 1. The van der Waals surface area contributed by atoms with E-state index in [0.717, 1.165) is 77.0 Å². The van der Waals surface area contributed by atoms with Gasteiger partial charge in [0.15, 0.2) is 0 Å². The van der Waals surface area contributed by atoms with E-state index >= 15 is 0 Å². The number of allylic oxidation sites excluding steroid dienone is 10. The third-order valence-electron chi connectivity index (χ3n) is 9.54. The van der Waals surface area contributed by atoms with Crippen molar-refractivity contribution in [1.29, 1.82) is 0 Å². The quantitative estimate of drug-likeness (QED) is 0.0199. The van der Waals surface area contributed by atoms with E-state index in [0.29, 0.717) is 24.1 Å². The molecule has 0 saturated carbocycles. The molecule has 0 fully saturated rings. The topological polar surface area (TPSA) is 94.1 Å². The van der Waals surface area contributed by atoms with Gasteiger partial charge in [0.25, 0.3) is 7.82 Å². The van der Waals surface area contributed by atoms with Crippen LogP contribution in [0.1, 0.15) is 181 Å². The van der Waals surface area contributed by atoms with Crippen molar-refractivity contribution in [2.75, 3.05) is 54.1 Å². The number of carbonyl (C=O) groups excluding carboxylic acids is 1. The summed E-state index contributed by atoms with van der Waals surface area (Å²) in [5.41, 5.74) is 0. The number of quaternary nitrogens is 1. The molecule has 2 unspecified atom stereocenters. The highest BCUT2D eigenvalue weighted by Gasteiger charge is 2.20. The molecule has 0 aromatic heterocycles. The number of carbonyl (C=O) groups is 1. The maximum Gasteiger partial charge on any atom is 0.306 e. The van der Waals surface area contributed by atoms with Gasteiger partial charge < -0.3 is 27.9 Å². The Morgan fingerprint density at radius 2 is 0.965 bits per heavy atom. The van der Waals surface area contributed by atoms with Crippen molar-refractivity contribution in [3.05, 3.63) is 60.8 Å². The van der Waals surface area contributed by atoms with Crippen LogP contribution in [0, 0.1) is 0 Å². The lowest BCUT2D eigenvalue weighted by Gasteiger charge is -2.28. The van der Waals surface area contributed by atoms with Crippen molar-refractivity contribution >= 4 is 13.8 Å². The number of unbranched alkanes of at least 4 members (excludes halogenated alkanes) is 18. The Morgan fingerprint density at radius 1 is 0.544 bits per heavy atom. The lowest BCUT2D eigenvalue weighted by molar-refractivity contribution is -0.870. The fraction of sp³-hybridized carbons (Fsp3) is 0.771. The van der Waals surface area contributed by atoms with E-state index in [1.165, 1.54) is 83.5 Å². The first-order chi connectivity index (χ1) is 27.6. The third kappa shape index (κ3) is 45.1. The minimum atomic E-state index is -4.54. The maximum absolute atomic E-state index is 12.7. The zero-order valence-electron chi connectivity index (χ0n) is 37.5. The van der Waals surface area contributed by atoms with Crippen LogP contribution in [-0.4, -0.2) is 70.7 Å². The van der Waals surface area contributed by atoms with Crippen molar-refractivity contribution in [2.45, 2.75) is 187 Å². The van der Waals surface area contributed by atoms with Crippen LogP contribution in [0.4, 0.5) is 0 Å². The molecular weight excluding hydrogens is 734 g/mol. The molecule has 0 radical (unpaired) electrons. The first kappa shape index (κ1) is 55.2. The van der Waals surface area contributed by atoms with Crippen LogP contribution in [-0.2, 0) is 27.9 Å². The Kier molecular flexibility index (Phi) is 39.7. The van der Waals surface area contributed by atoms with Gasteiger partial charge in [-0.3, -0.25) is 9.36 Å². The number of rotatable bonds is 42. The van der Waals surface area contributed by atoms with Gasteiger partial charge in [-0.05, 0) is 83.5 Å². The molecular formula is C48H88NO7P. The highest BCUT2D eigenvalue weighted by atomic mass is 31.2. The first-order valence-corrected chi connectivity index (χ1v) is 24.5. The molecule has 0 amide bonds. The minimum Gasteiger partial charge on any atom is -0.756 e. The van der Waals surface area contributed by atoms with Gasteiger partial charge in [-0.25, -0.2) is 0 Å². The van der Waals surface area contributed by atoms with Crippen LogP contribution in [0.5, 0.6) is 0 Å². The molecule has 0 aromatic rings. The Hall–Kier alpha value is -1.80. The number of phosphoric ester groups is 1. The molecule has 0 aliphatic heterocycles. The molecule has 0 aromatic carbocycles. The van der Waals surface area contributed by atoms with Gasteiger partial charge >= 0.3 is 5.97 Å². The van der Waals surface area contributed by atoms with Crippen LogP contribution in [0.2, 0.25) is 0 Å². The summed E-state index contributed by atoms with van der Waals surface area (Å²) in [6, 6.07) is 0. The zero-order valence-corrected chi connectivity index (χ0v) is 38.4. The highest BCUT2D eigenvalue weighted by molar-refractivity contribution is 7.45. The van der Waals surface area contributed by atoms with Gasteiger partial charge in [-0.1, -0.05) is 152 Å². The van der Waals surface area contributed by atoms with Crippen molar-refractivity contribution in [3.8, 4) is 0 Å². The fourth-order valence-corrected chi connectivity index (χ4v) is 6.66. The molecule has 2 atom stereocenters. The predicted molar refractivity (Wildman–Crippen MR) is 240 cm³/mol. The molecule has 0 bridgehead atoms. The van der Waals surface area contributed by atoms with E-state index in [1.807, 2.05) is 21.1 Å². The lowest BCUT2D eigenvalue weighted by atomic mass is 10.1. The Balaban J connectivity index is 4.27. The average Bonchev–Trinajstić information content (AvgIpc) is 3.16. The molecule has 8 nitrogen and oxygen atoms in total. The molecule has 0 rings (SSSR count). The summed E-state index contributed by atoms with van der Waals surface area (Å²) in [7, 11) is 1.33. The normalized spacial score (nSPS) is 14.3. The third-order valence-corrected chi connectivity index (χ3v) is 10.5. The Morgan fingerprint density at radius 3 is 1.44 bits per heavy atom. The maximum atomic E-state index is 12.7. The van der Waals surface area contributed by atoms with E-state index in [1.54, 1.807) is 0 Å². The lowest BCUT2D eigenvalue weighted by Crippen LogP contribution is -2.37. The number of esters is 1. The summed E-state index contributed by atoms with van der Waals surface area (Å²) < 4.78 is 34.6. The fourth-order valence-electron chi connectivity index (χ4n) is 5.93. The second-order valence-corrected chi connectivity index (χ2v) is 17.8. The second-order valence-electron chi connectivity index (χ2n) is 16.4. The highest BCUT2D eigenvalue weighted by Crippen LogP contribution is 2.38. The number of hydrogen-bond donors (Lipinski definition) is 0. The monoisotopic (exact) mass is 822 g/mol. The van der Waals surface area contributed by atoms with Gasteiger partial charge in [0.05, 0.1) is 34.4 Å². The summed E-state index contributed by atoms with van der Waals surface area (Å²) in [5, 5.41) is 0. The standard InChI is InChI=1S/C48H88NO7P/c1-6-8-10-12-14-16-18-20-22-24-25-26-27-29-31-33-35-37-39-41-48(50)56-47(46-55-57(51,52)54-44-42-49(3,4)5)45-53-43-40-38-36-34-32-30-28-23-21-19-17-15-13-11-9-7-2/h14-17,20-23,25-26,47H,6-13,18-19,24,27-46H2,1-5H3/b16-14-,17-15-,22-20-,23-21-,26-25-. The van der Waals surface area contributed by atoms with Gasteiger partial charge in [-0.15, -0.1) is 0 Å². The Labute approximate surface area is 351 Å². The zero-order chi connectivity index (χ0) is 42.0. The SMILES string of the molecule is CCCCC/C=C\C/C=C\C/C=C\CCCCCCCCC(=O)OC(COCCCCCCCC/C=C\C/C=C\CCCCC)COP(=O)([O-])OCC[N+](C)(C)C. The average molecular weight is 822 g/mol. The smallest absolute Gasteiger partial charge is 0.306 e. The summed E-state index contributed by atoms with van der Waals surface area (Å²) in [5.74, 6) is -0.352. The van der Waals surface area contributed by atoms with Crippen molar-refractivity contribution in [3.63, 3.8) is 0 Å². The molecule has 0 aliphatic carbocycles. The van der Waals surface area contributed by atoms with Crippen LogP contribution in [0.3, 0.4) is 0 Å². The molecule has 0 N–H and O–H groups in total. The molecule has 57 heavy (non-hydrogen) atoms. The van der Waals surface area contributed by atoms with Gasteiger partial charge in [0.2, 0.25) is 0 Å². The van der Waals surface area contributed by atoms with Crippen molar-refractivity contribution in [2.24, 2.45) is 0 Å². The molecule has 0 heterocycles. The first-order valence-electron chi connectivity index (χ1n) is 23.0. The van der Waals surface area contributed by atoms with Crippen LogP contribution in [0.25, 0.3) is 0 Å². The number of likely N-dealkylation sites (N-methyl/N-ethyl adjacent to an activating group) is 1. The van der Waals surface area contributed by atoms with Crippen LogP contribution < -0.4 is 4.89 Å². The number of ether oxygens (including phenoxy) is 2. The van der Waals surface area contributed by atoms with E-state index < -0.39 is 13.9 Å². The molecule has 0 saturated heterocycles. The van der Waals surface area contributed by atoms with E-state index in [4.69, 9.17) is 18.5 Å². The number of phosphoric acid groups is 1. The van der Waals surface area contributed by atoms with Gasteiger partial charge in [-0.2, -0.15) is 0 Å². The molecule has 332 valence electrons.